The van der Waals surface area contributed by atoms with Crippen LogP contribution in [0.4, 0.5) is 22.8 Å². The number of carbonyl (C=O) groups is 2. The maximum absolute atomic E-state index is 13.2. The Bertz CT molecular complexity index is 1210. The molecule has 1 unspecified atom stereocenters. The summed E-state index contributed by atoms with van der Waals surface area (Å²) in [5.41, 5.74) is -0.525. The monoisotopic (exact) mass is 461 g/mol. The minimum Gasteiger partial charge on any atom is -0.481 e. The van der Waals surface area contributed by atoms with E-state index in [1.54, 1.807) is 12.4 Å². The van der Waals surface area contributed by atoms with Crippen LogP contribution in [-0.2, 0) is 17.5 Å². The van der Waals surface area contributed by atoms with Gasteiger partial charge in [0, 0.05) is 30.4 Å². The molecule has 1 aromatic carbocycles. The van der Waals surface area contributed by atoms with Gasteiger partial charge in [-0.2, -0.15) is 18.2 Å². The Hall–Kier alpha value is -3.96. The molecule has 3 heterocycles. The first-order valence-corrected chi connectivity index (χ1v) is 9.78. The van der Waals surface area contributed by atoms with Crippen LogP contribution in [0.15, 0.2) is 42.7 Å². The largest absolute Gasteiger partial charge is 0.481 e. The number of pyridine rings is 1. The smallest absolute Gasteiger partial charge is 0.433 e. The van der Waals surface area contributed by atoms with Crippen LogP contribution in [-0.4, -0.2) is 45.1 Å². The van der Waals surface area contributed by atoms with E-state index >= 15 is 0 Å². The predicted molar refractivity (Wildman–Crippen MR) is 108 cm³/mol. The van der Waals surface area contributed by atoms with Crippen molar-refractivity contribution >= 4 is 22.9 Å². The van der Waals surface area contributed by atoms with Crippen LogP contribution in [0.25, 0.3) is 10.8 Å². The molecule has 2 atom stereocenters. The fourth-order valence-corrected chi connectivity index (χ4v) is 3.50. The van der Waals surface area contributed by atoms with Gasteiger partial charge < -0.3 is 14.8 Å². The first kappa shape index (κ1) is 22.2. The molecule has 12 heteroatoms. The number of nitrogens with one attached hydrogen (secondary N) is 1. The summed E-state index contributed by atoms with van der Waals surface area (Å²) in [6, 6.07) is 6.34. The van der Waals surface area contributed by atoms with Crippen molar-refractivity contribution in [3.63, 3.8) is 0 Å². The summed E-state index contributed by atoms with van der Waals surface area (Å²) in [5.74, 6) is -0.766. The molecular weight excluding hydrogens is 443 g/mol. The molecule has 3 amide bonds. The van der Waals surface area contributed by atoms with Gasteiger partial charge in [0.2, 0.25) is 5.88 Å². The number of aromatic nitrogens is 3. The van der Waals surface area contributed by atoms with Crippen molar-refractivity contribution in [3.8, 4) is 5.88 Å². The summed E-state index contributed by atoms with van der Waals surface area (Å²) in [6.45, 7) is 1.52. The maximum Gasteiger partial charge on any atom is 0.433 e. The normalized spacial score (nSPS) is 18.3. The molecule has 0 spiro atoms. The van der Waals surface area contributed by atoms with Crippen LogP contribution in [0.5, 0.6) is 5.88 Å². The number of alkyl halides is 3. The average molecular weight is 461 g/mol. The Labute approximate surface area is 185 Å². The second-order valence-corrected chi connectivity index (χ2v) is 7.24. The number of amides is 3. The molecule has 0 aliphatic carbocycles. The van der Waals surface area contributed by atoms with E-state index in [9.17, 15) is 22.8 Å². The van der Waals surface area contributed by atoms with Crippen LogP contribution >= 0.6 is 0 Å². The van der Waals surface area contributed by atoms with Crippen molar-refractivity contribution in [1.29, 1.82) is 0 Å². The molecule has 172 valence electrons. The van der Waals surface area contributed by atoms with Crippen molar-refractivity contribution < 1.29 is 32.2 Å². The van der Waals surface area contributed by atoms with Crippen molar-refractivity contribution in [3.05, 3.63) is 59.8 Å². The minimum absolute atomic E-state index is 0.0717. The van der Waals surface area contributed by atoms with Crippen LogP contribution in [0.2, 0.25) is 0 Å². The van der Waals surface area contributed by atoms with Gasteiger partial charge in [-0.3, -0.25) is 4.98 Å². The molecule has 3 aromatic rings. The number of methoxy groups -OCH3 is 1. The van der Waals surface area contributed by atoms with Crippen LogP contribution < -0.4 is 10.1 Å². The van der Waals surface area contributed by atoms with E-state index in [2.05, 4.69) is 20.3 Å². The molecule has 0 bridgehead atoms. The van der Waals surface area contributed by atoms with Gasteiger partial charge >= 0.3 is 18.3 Å². The summed E-state index contributed by atoms with van der Waals surface area (Å²) < 4.78 is 49.5. The molecule has 1 N–H and O–H groups in total. The fraction of sp³-hybridized carbons (Fsp3) is 0.286. The Kier molecular flexibility index (Phi) is 5.75. The van der Waals surface area contributed by atoms with Gasteiger partial charge in [0.25, 0.3) is 0 Å². The number of nitrogens with zero attached hydrogens (tertiary/aromatic N) is 4. The third kappa shape index (κ3) is 4.36. The third-order valence-electron chi connectivity index (χ3n) is 5.14. The Morgan fingerprint density at radius 3 is 2.73 bits per heavy atom. The molecule has 9 nitrogen and oxygen atoms in total. The highest BCUT2D eigenvalue weighted by Crippen LogP contribution is 2.35. The minimum atomic E-state index is -4.76. The number of carbonyl (C=O) groups excluding carboxylic acids is 2. The lowest BCUT2D eigenvalue weighted by molar-refractivity contribution is -0.141. The van der Waals surface area contributed by atoms with Gasteiger partial charge in [0.1, 0.15) is 0 Å². The van der Waals surface area contributed by atoms with E-state index in [4.69, 9.17) is 9.47 Å². The van der Waals surface area contributed by atoms with Crippen molar-refractivity contribution in [1.82, 2.24) is 25.2 Å². The first-order chi connectivity index (χ1) is 15.7. The van der Waals surface area contributed by atoms with Crippen molar-refractivity contribution in [2.24, 2.45) is 0 Å². The summed E-state index contributed by atoms with van der Waals surface area (Å²) in [7, 11) is 1.15. The zero-order valence-corrected chi connectivity index (χ0v) is 17.5. The van der Waals surface area contributed by atoms with E-state index < -0.39 is 42.0 Å². The zero-order valence-electron chi connectivity index (χ0n) is 17.5. The zero-order chi connectivity index (χ0) is 23.8. The maximum atomic E-state index is 13.2. The highest BCUT2D eigenvalue weighted by atomic mass is 19.4. The molecule has 1 aliphatic rings. The highest BCUT2D eigenvalue weighted by molar-refractivity contribution is 5.93. The molecule has 4 rings (SSSR count). The second kappa shape index (κ2) is 8.52. The quantitative estimate of drug-likeness (QED) is 0.629. The lowest BCUT2D eigenvalue weighted by Gasteiger charge is -2.20. The van der Waals surface area contributed by atoms with Gasteiger partial charge in [-0.15, -0.1) is 0 Å². The van der Waals surface area contributed by atoms with Crippen LogP contribution in [0, 0.1) is 0 Å². The topological polar surface area (TPSA) is 107 Å². The van der Waals surface area contributed by atoms with E-state index in [-0.39, 0.29) is 12.4 Å². The van der Waals surface area contributed by atoms with Gasteiger partial charge in [-0.05, 0) is 17.9 Å². The van der Waals surface area contributed by atoms with Crippen LogP contribution in [0.3, 0.4) is 0 Å². The molecule has 0 saturated carbocycles. The summed E-state index contributed by atoms with van der Waals surface area (Å²) in [6.07, 6.45) is -3.81. The number of cyclic esters (lactones) is 1. The van der Waals surface area contributed by atoms with Gasteiger partial charge in [-0.1, -0.05) is 24.3 Å². The van der Waals surface area contributed by atoms with Gasteiger partial charge in [-0.25, -0.2) is 19.5 Å². The van der Waals surface area contributed by atoms with Gasteiger partial charge in [0.05, 0.1) is 13.2 Å². The van der Waals surface area contributed by atoms with E-state index in [0.29, 0.717) is 6.07 Å². The Balaban J connectivity index is 1.53. The summed E-state index contributed by atoms with van der Waals surface area (Å²) in [5, 5.41) is 4.39. The van der Waals surface area contributed by atoms with Crippen molar-refractivity contribution in [2.75, 3.05) is 7.11 Å². The number of halogens is 3. The van der Waals surface area contributed by atoms with E-state index in [1.807, 2.05) is 24.3 Å². The predicted octanol–water partition coefficient (Wildman–Crippen LogP) is 3.84. The molecule has 1 fully saturated rings. The standard InChI is InChI=1S/C21H18F3N5O4/c1-11-17(18-27-15(21(22,23)24)7-16(28-18)32-2)33-20(31)29(11)19(30)26-10-13-9-25-8-12-5-3-4-6-14(12)13/h3-9,11,17H,10H2,1-2H3,(H,26,30)/t11-,17?/m0/s1. The Morgan fingerprint density at radius 2 is 2.00 bits per heavy atom. The number of hydrogen-bond donors (Lipinski definition) is 1. The molecule has 1 saturated heterocycles. The average Bonchev–Trinajstić information content (AvgIpc) is 3.10. The number of imide groups is 1. The van der Waals surface area contributed by atoms with Crippen molar-refractivity contribution in [2.45, 2.75) is 31.8 Å². The Morgan fingerprint density at radius 1 is 1.24 bits per heavy atom. The van der Waals surface area contributed by atoms with E-state index in [1.165, 1.54) is 6.92 Å². The van der Waals surface area contributed by atoms with E-state index in [0.717, 1.165) is 28.3 Å². The molecule has 1 aliphatic heterocycles. The van der Waals surface area contributed by atoms with Crippen LogP contribution in [0.1, 0.15) is 30.1 Å². The fourth-order valence-electron chi connectivity index (χ4n) is 3.50. The summed E-state index contributed by atoms with van der Waals surface area (Å²) >= 11 is 0. The SMILES string of the molecule is COc1cc(C(F)(F)F)nc(C2OC(=O)N(C(=O)NCc3cncc4ccccc34)[C@H]2C)n1. The number of hydrogen-bond acceptors (Lipinski definition) is 7. The lowest BCUT2D eigenvalue weighted by Crippen LogP contribution is -2.44. The molecule has 2 aromatic heterocycles. The molecule has 0 radical (unpaired) electrons. The molecule has 33 heavy (non-hydrogen) atoms. The number of urea groups is 1. The number of rotatable bonds is 4. The first-order valence-electron chi connectivity index (χ1n) is 9.78. The van der Waals surface area contributed by atoms with Gasteiger partial charge in [0.15, 0.2) is 17.6 Å². The molecular formula is C21H18F3N5O4. The third-order valence-corrected chi connectivity index (χ3v) is 5.14. The summed E-state index contributed by atoms with van der Waals surface area (Å²) in [4.78, 5) is 37.4. The number of fused-ring (bicyclic) bond motifs is 1. The second-order valence-electron chi connectivity index (χ2n) is 7.24. The highest BCUT2D eigenvalue weighted by Gasteiger charge is 2.46. The number of benzene rings is 1. The number of ether oxygens (including phenoxy) is 2. The lowest BCUT2D eigenvalue weighted by atomic mass is 10.1.